The van der Waals surface area contributed by atoms with Crippen LogP contribution in [0.4, 0.5) is 0 Å². The van der Waals surface area contributed by atoms with Gasteiger partial charge in [0.25, 0.3) is 5.89 Å². The van der Waals surface area contributed by atoms with Gasteiger partial charge in [-0.3, -0.25) is 4.68 Å². The molecule has 1 fully saturated rings. The normalized spacial score (nSPS) is 17.2. The van der Waals surface area contributed by atoms with Gasteiger partial charge < -0.3 is 9.84 Å². The Hall–Kier alpha value is -1.69. The summed E-state index contributed by atoms with van der Waals surface area (Å²) in [7, 11) is 1.89. The standard InChI is InChI=1S/C12H17N5O/c1-8-7-10(17(2)15-8)12-14-11(16-18-12)9-3-5-13-6-4-9/h7,9,13H,3-6H2,1-2H3. The molecule has 0 aromatic carbocycles. The monoisotopic (exact) mass is 247 g/mol. The van der Waals surface area contributed by atoms with Gasteiger partial charge in [0.2, 0.25) is 0 Å². The van der Waals surface area contributed by atoms with Crippen molar-refractivity contribution in [2.24, 2.45) is 7.05 Å². The topological polar surface area (TPSA) is 68.8 Å². The van der Waals surface area contributed by atoms with Gasteiger partial charge in [0, 0.05) is 13.0 Å². The zero-order valence-electron chi connectivity index (χ0n) is 10.7. The van der Waals surface area contributed by atoms with E-state index in [0.29, 0.717) is 11.8 Å². The van der Waals surface area contributed by atoms with Crippen molar-refractivity contribution in [3.05, 3.63) is 17.6 Å². The molecule has 0 atom stereocenters. The Balaban J connectivity index is 1.86. The van der Waals surface area contributed by atoms with Crippen molar-refractivity contribution in [2.45, 2.75) is 25.7 Å². The zero-order valence-corrected chi connectivity index (χ0v) is 10.7. The molecule has 1 aliphatic heterocycles. The van der Waals surface area contributed by atoms with Crippen LogP contribution in [0.25, 0.3) is 11.6 Å². The van der Waals surface area contributed by atoms with Crippen molar-refractivity contribution in [2.75, 3.05) is 13.1 Å². The van der Waals surface area contributed by atoms with Crippen molar-refractivity contribution in [3.63, 3.8) is 0 Å². The highest BCUT2D eigenvalue weighted by molar-refractivity contribution is 5.47. The summed E-state index contributed by atoms with van der Waals surface area (Å²) >= 11 is 0. The maximum atomic E-state index is 5.36. The highest BCUT2D eigenvalue weighted by atomic mass is 16.5. The molecule has 0 spiro atoms. The van der Waals surface area contributed by atoms with E-state index in [9.17, 15) is 0 Å². The molecular formula is C12H17N5O. The molecule has 2 aromatic rings. The second-order valence-corrected chi connectivity index (χ2v) is 4.78. The van der Waals surface area contributed by atoms with Crippen molar-refractivity contribution in [1.29, 1.82) is 0 Å². The predicted octanol–water partition coefficient (Wildman–Crippen LogP) is 1.25. The fourth-order valence-corrected chi connectivity index (χ4v) is 2.40. The van der Waals surface area contributed by atoms with E-state index in [2.05, 4.69) is 20.6 Å². The third kappa shape index (κ3) is 2.03. The van der Waals surface area contributed by atoms with Gasteiger partial charge in [-0.25, -0.2) is 0 Å². The first-order chi connectivity index (χ1) is 8.74. The van der Waals surface area contributed by atoms with Gasteiger partial charge in [0.1, 0.15) is 5.69 Å². The Morgan fingerprint density at radius 3 is 2.83 bits per heavy atom. The molecule has 18 heavy (non-hydrogen) atoms. The lowest BCUT2D eigenvalue weighted by Crippen LogP contribution is -2.27. The van der Waals surface area contributed by atoms with E-state index in [1.807, 2.05) is 20.0 Å². The van der Waals surface area contributed by atoms with Crippen LogP contribution in [0.5, 0.6) is 0 Å². The van der Waals surface area contributed by atoms with Crippen molar-refractivity contribution >= 4 is 0 Å². The third-order valence-corrected chi connectivity index (χ3v) is 3.37. The predicted molar refractivity (Wildman–Crippen MR) is 66.1 cm³/mol. The molecule has 96 valence electrons. The summed E-state index contributed by atoms with van der Waals surface area (Å²) in [4.78, 5) is 4.51. The molecule has 1 N–H and O–H groups in total. The Bertz CT molecular complexity index is 538. The first-order valence-corrected chi connectivity index (χ1v) is 6.29. The van der Waals surface area contributed by atoms with Crippen LogP contribution in [0, 0.1) is 6.92 Å². The fourth-order valence-electron chi connectivity index (χ4n) is 2.40. The number of rotatable bonds is 2. The van der Waals surface area contributed by atoms with Crippen molar-refractivity contribution in [3.8, 4) is 11.6 Å². The van der Waals surface area contributed by atoms with Gasteiger partial charge >= 0.3 is 0 Å². The summed E-state index contributed by atoms with van der Waals surface area (Å²) in [5, 5.41) is 11.7. The Kier molecular flexibility index (Phi) is 2.87. The average Bonchev–Trinajstić information content (AvgIpc) is 2.97. The number of hydrogen-bond acceptors (Lipinski definition) is 5. The Labute approximate surface area is 105 Å². The van der Waals surface area contributed by atoms with E-state index in [4.69, 9.17) is 4.52 Å². The Morgan fingerprint density at radius 1 is 1.39 bits per heavy atom. The van der Waals surface area contributed by atoms with Gasteiger partial charge in [0.05, 0.1) is 5.69 Å². The lowest BCUT2D eigenvalue weighted by atomic mass is 9.98. The molecule has 1 aliphatic rings. The maximum absolute atomic E-state index is 5.36. The van der Waals surface area contributed by atoms with E-state index < -0.39 is 0 Å². The maximum Gasteiger partial charge on any atom is 0.276 e. The van der Waals surface area contributed by atoms with Crippen LogP contribution >= 0.6 is 0 Å². The van der Waals surface area contributed by atoms with Crippen LogP contribution in [-0.4, -0.2) is 33.0 Å². The molecule has 0 amide bonds. The molecule has 0 aliphatic carbocycles. The van der Waals surface area contributed by atoms with E-state index in [1.165, 1.54) is 0 Å². The molecular weight excluding hydrogens is 230 g/mol. The summed E-state index contributed by atoms with van der Waals surface area (Å²) in [5.74, 6) is 1.80. The summed E-state index contributed by atoms with van der Waals surface area (Å²) in [6.45, 7) is 4.01. The molecule has 0 radical (unpaired) electrons. The number of nitrogens with zero attached hydrogens (tertiary/aromatic N) is 4. The molecule has 0 unspecified atom stereocenters. The van der Waals surface area contributed by atoms with Gasteiger partial charge in [-0.2, -0.15) is 10.1 Å². The smallest absolute Gasteiger partial charge is 0.276 e. The highest BCUT2D eigenvalue weighted by Gasteiger charge is 2.22. The minimum absolute atomic E-state index is 0.415. The highest BCUT2D eigenvalue weighted by Crippen LogP contribution is 2.25. The first-order valence-electron chi connectivity index (χ1n) is 6.29. The second kappa shape index (κ2) is 4.53. The Morgan fingerprint density at radius 2 is 2.17 bits per heavy atom. The number of aromatic nitrogens is 4. The lowest BCUT2D eigenvalue weighted by Gasteiger charge is -2.18. The number of nitrogens with one attached hydrogen (secondary N) is 1. The molecule has 3 rings (SSSR count). The molecule has 6 nitrogen and oxygen atoms in total. The van der Waals surface area contributed by atoms with Crippen LogP contribution in [0.2, 0.25) is 0 Å². The summed E-state index contributed by atoms with van der Waals surface area (Å²) in [6, 6.07) is 1.96. The fraction of sp³-hybridized carbons (Fsp3) is 0.583. The van der Waals surface area contributed by atoms with Gasteiger partial charge in [0.15, 0.2) is 5.82 Å². The third-order valence-electron chi connectivity index (χ3n) is 3.37. The van der Waals surface area contributed by atoms with Gasteiger partial charge in [-0.05, 0) is 38.9 Å². The molecule has 6 heteroatoms. The van der Waals surface area contributed by atoms with Crippen LogP contribution < -0.4 is 5.32 Å². The van der Waals surface area contributed by atoms with Crippen LogP contribution in [0.15, 0.2) is 10.6 Å². The summed E-state index contributed by atoms with van der Waals surface area (Å²) in [6.07, 6.45) is 2.15. The summed E-state index contributed by atoms with van der Waals surface area (Å²) in [5.41, 5.74) is 1.83. The van der Waals surface area contributed by atoms with Crippen LogP contribution in [0.1, 0.15) is 30.3 Å². The number of hydrogen-bond donors (Lipinski definition) is 1. The van der Waals surface area contributed by atoms with E-state index in [0.717, 1.165) is 43.1 Å². The zero-order chi connectivity index (χ0) is 12.5. The first kappa shape index (κ1) is 11.4. The van der Waals surface area contributed by atoms with Gasteiger partial charge in [-0.15, -0.1) is 0 Å². The van der Waals surface area contributed by atoms with E-state index in [1.54, 1.807) is 4.68 Å². The van der Waals surface area contributed by atoms with Crippen molar-refractivity contribution < 1.29 is 4.52 Å². The quantitative estimate of drug-likeness (QED) is 0.864. The SMILES string of the molecule is Cc1cc(-c2nc(C3CCNCC3)no2)n(C)n1. The molecule has 3 heterocycles. The molecule has 0 saturated carbocycles. The largest absolute Gasteiger partial charge is 0.332 e. The average molecular weight is 247 g/mol. The van der Waals surface area contributed by atoms with Crippen LogP contribution in [-0.2, 0) is 7.05 Å². The molecule has 1 saturated heterocycles. The molecule has 0 bridgehead atoms. The van der Waals surface area contributed by atoms with Crippen LogP contribution in [0.3, 0.4) is 0 Å². The number of aryl methyl sites for hydroxylation is 2. The van der Waals surface area contributed by atoms with Gasteiger partial charge in [-0.1, -0.05) is 5.16 Å². The second-order valence-electron chi connectivity index (χ2n) is 4.78. The number of piperidine rings is 1. The van der Waals surface area contributed by atoms with E-state index in [-0.39, 0.29) is 0 Å². The van der Waals surface area contributed by atoms with Crippen molar-refractivity contribution in [1.82, 2.24) is 25.2 Å². The minimum atomic E-state index is 0.415. The minimum Gasteiger partial charge on any atom is -0.332 e. The summed E-state index contributed by atoms with van der Waals surface area (Å²) < 4.78 is 7.13. The van der Waals surface area contributed by atoms with E-state index >= 15 is 0 Å². The molecule has 2 aromatic heterocycles. The lowest BCUT2D eigenvalue weighted by molar-refractivity contribution is 0.390.